The van der Waals surface area contributed by atoms with Crippen molar-refractivity contribution in [1.29, 1.82) is 0 Å². The molecule has 0 saturated heterocycles. The normalized spacial score (nSPS) is 13.3. The Labute approximate surface area is 306 Å². The van der Waals surface area contributed by atoms with Gasteiger partial charge in [0.1, 0.15) is 12.1 Å². The number of allylic oxidation sites excluding steroid dienone is 9. The summed E-state index contributed by atoms with van der Waals surface area (Å²) in [6.45, 7) is 4.78. The number of hydrogen-bond acceptors (Lipinski definition) is 5. The number of nitrogens with two attached hydrogens (primary N) is 1. The SMILES string of the molecule is CC/C=C\C/C=C\C/C=C\CCCCCCCC(=O)OC(/C=C\C/C=C\CCCCC)CCCCCCCCC(=O)NC(CCCN)C(=O)O. The molecule has 0 aromatic heterocycles. The Hall–Kier alpha value is -2.93. The molecule has 4 N–H and O–H groups in total. The van der Waals surface area contributed by atoms with Crippen LogP contribution in [0.1, 0.15) is 174 Å². The number of carboxylic acids is 1. The lowest BCUT2D eigenvalue weighted by Gasteiger charge is -2.15. The van der Waals surface area contributed by atoms with Gasteiger partial charge in [0.15, 0.2) is 0 Å². The van der Waals surface area contributed by atoms with Crippen LogP contribution >= 0.6 is 0 Å². The van der Waals surface area contributed by atoms with Crippen molar-refractivity contribution in [1.82, 2.24) is 5.32 Å². The Morgan fingerprint density at radius 2 is 1.16 bits per heavy atom. The van der Waals surface area contributed by atoms with Crippen LogP contribution < -0.4 is 11.1 Å². The maximum absolute atomic E-state index is 12.7. The van der Waals surface area contributed by atoms with Crippen LogP contribution in [0.5, 0.6) is 0 Å². The standard InChI is InChI=1S/C43H74N2O5/c1-3-5-7-9-11-13-14-15-16-17-18-19-21-27-31-37-42(47)50-39(33-28-24-20-12-10-8-6-4-2)34-29-25-22-23-26-30-36-41(46)45-40(43(48)49)35-32-38-44/h5,7,11-13,15-16,20,28,33,39-40H,3-4,6,8-10,14,17-19,21-27,29-32,34-38,44H2,1-2H3,(H,45,46)(H,48,49)/b7-5-,13-11-,16-15-,20-12-,33-28-. The molecule has 0 heterocycles. The maximum atomic E-state index is 12.7. The summed E-state index contributed by atoms with van der Waals surface area (Å²) in [6, 6.07) is -0.858. The first-order chi connectivity index (χ1) is 24.4. The lowest BCUT2D eigenvalue weighted by Crippen LogP contribution is -2.40. The van der Waals surface area contributed by atoms with Gasteiger partial charge in [-0.15, -0.1) is 0 Å². The fourth-order valence-electron chi connectivity index (χ4n) is 5.53. The molecule has 0 aromatic carbocycles. The van der Waals surface area contributed by atoms with Crippen LogP contribution in [0.25, 0.3) is 0 Å². The van der Waals surface area contributed by atoms with E-state index in [2.05, 4.69) is 79.9 Å². The number of rotatable bonds is 35. The van der Waals surface area contributed by atoms with Gasteiger partial charge in [0.25, 0.3) is 0 Å². The third kappa shape index (κ3) is 33.6. The average Bonchev–Trinajstić information content (AvgIpc) is 3.10. The first kappa shape index (κ1) is 47.1. The van der Waals surface area contributed by atoms with E-state index in [0.717, 1.165) is 103 Å². The number of carbonyl (C=O) groups is 3. The van der Waals surface area contributed by atoms with Crippen LogP contribution in [0, 0.1) is 0 Å². The largest absolute Gasteiger partial charge is 0.480 e. The zero-order chi connectivity index (χ0) is 36.8. The molecule has 0 rings (SSSR count). The number of amides is 1. The lowest BCUT2D eigenvalue weighted by molar-refractivity contribution is -0.147. The molecule has 286 valence electrons. The lowest BCUT2D eigenvalue weighted by atomic mass is 10.0. The van der Waals surface area contributed by atoms with Crippen LogP contribution in [0.4, 0.5) is 0 Å². The molecule has 7 nitrogen and oxygen atoms in total. The first-order valence-electron chi connectivity index (χ1n) is 20.1. The Balaban J connectivity index is 4.33. The second kappa shape index (κ2) is 37.3. The van der Waals surface area contributed by atoms with Gasteiger partial charge < -0.3 is 20.9 Å². The number of nitrogens with one attached hydrogen (secondary N) is 1. The molecule has 1 amide bonds. The van der Waals surface area contributed by atoms with E-state index < -0.39 is 12.0 Å². The van der Waals surface area contributed by atoms with E-state index in [4.69, 9.17) is 10.5 Å². The zero-order valence-corrected chi connectivity index (χ0v) is 32.0. The minimum Gasteiger partial charge on any atom is -0.480 e. The summed E-state index contributed by atoms with van der Waals surface area (Å²) >= 11 is 0. The van der Waals surface area contributed by atoms with Gasteiger partial charge >= 0.3 is 11.9 Å². The van der Waals surface area contributed by atoms with Gasteiger partial charge in [-0.2, -0.15) is 0 Å². The van der Waals surface area contributed by atoms with Crippen LogP contribution in [0.3, 0.4) is 0 Å². The Morgan fingerprint density at radius 1 is 0.620 bits per heavy atom. The first-order valence-corrected chi connectivity index (χ1v) is 20.1. The highest BCUT2D eigenvalue weighted by Gasteiger charge is 2.18. The van der Waals surface area contributed by atoms with E-state index in [1.165, 1.54) is 32.1 Å². The highest BCUT2D eigenvalue weighted by molar-refractivity contribution is 5.83. The number of unbranched alkanes of at least 4 members (excludes halogenated alkanes) is 13. The second-order valence-electron chi connectivity index (χ2n) is 13.3. The van der Waals surface area contributed by atoms with Crippen molar-refractivity contribution < 1.29 is 24.2 Å². The van der Waals surface area contributed by atoms with Crippen molar-refractivity contribution in [3.8, 4) is 0 Å². The van der Waals surface area contributed by atoms with E-state index in [1.54, 1.807) is 0 Å². The topological polar surface area (TPSA) is 119 Å². The summed E-state index contributed by atoms with van der Waals surface area (Å²) in [7, 11) is 0. The Morgan fingerprint density at radius 3 is 1.78 bits per heavy atom. The van der Waals surface area contributed by atoms with Gasteiger partial charge in [0.2, 0.25) is 5.91 Å². The van der Waals surface area contributed by atoms with E-state index in [9.17, 15) is 19.5 Å². The summed E-state index contributed by atoms with van der Waals surface area (Å²) in [5.74, 6) is -1.31. The monoisotopic (exact) mass is 699 g/mol. The molecule has 7 heteroatoms. The number of carboxylic acid groups (broad SMARTS) is 1. The van der Waals surface area contributed by atoms with Crippen molar-refractivity contribution in [3.63, 3.8) is 0 Å². The number of ether oxygens (including phenoxy) is 1. The molecule has 0 bridgehead atoms. The van der Waals surface area contributed by atoms with Gasteiger partial charge in [-0.1, -0.05) is 126 Å². The molecule has 0 fully saturated rings. The van der Waals surface area contributed by atoms with Crippen LogP contribution in [-0.2, 0) is 19.1 Å². The molecule has 50 heavy (non-hydrogen) atoms. The summed E-state index contributed by atoms with van der Waals surface area (Å²) < 4.78 is 5.91. The third-order valence-corrected chi connectivity index (χ3v) is 8.55. The molecule has 0 aromatic rings. The Kier molecular flexibility index (Phi) is 35.1. The fourth-order valence-corrected chi connectivity index (χ4v) is 5.53. The number of carbonyl (C=O) groups excluding carboxylic acids is 2. The van der Waals surface area contributed by atoms with Crippen molar-refractivity contribution in [3.05, 3.63) is 60.8 Å². The molecular weight excluding hydrogens is 624 g/mol. The van der Waals surface area contributed by atoms with Crippen LogP contribution in [0.2, 0.25) is 0 Å². The summed E-state index contributed by atoms with van der Waals surface area (Å²) in [4.78, 5) is 36.1. The molecule has 0 aliphatic carbocycles. The smallest absolute Gasteiger partial charge is 0.326 e. The van der Waals surface area contributed by atoms with Crippen molar-refractivity contribution in [2.24, 2.45) is 5.73 Å². The maximum Gasteiger partial charge on any atom is 0.326 e. The van der Waals surface area contributed by atoms with Gasteiger partial charge in [-0.05, 0) is 103 Å². The summed E-state index contributed by atoms with van der Waals surface area (Å²) in [5.41, 5.74) is 5.47. The number of aliphatic carboxylic acids is 1. The van der Waals surface area contributed by atoms with Gasteiger partial charge in [-0.3, -0.25) is 9.59 Å². The fraction of sp³-hybridized carbons (Fsp3) is 0.698. The molecule has 0 spiro atoms. The van der Waals surface area contributed by atoms with Crippen LogP contribution in [-0.4, -0.2) is 41.6 Å². The van der Waals surface area contributed by atoms with E-state index in [0.29, 0.717) is 32.2 Å². The molecule has 0 radical (unpaired) electrons. The van der Waals surface area contributed by atoms with Crippen LogP contribution in [0.15, 0.2) is 60.8 Å². The summed E-state index contributed by atoms with van der Waals surface area (Å²) in [6.07, 6.45) is 45.7. The highest BCUT2D eigenvalue weighted by atomic mass is 16.5. The Bertz CT molecular complexity index is 968. The average molecular weight is 699 g/mol. The quantitative estimate of drug-likeness (QED) is 0.0344. The molecular formula is C43H74N2O5. The van der Waals surface area contributed by atoms with Gasteiger partial charge in [-0.25, -0.2) is 4.79 Å². The third-order valence-electron chi connectivity index (χ3n) is 8.55. The van der Waals surface area contributed by atoms with Gasteiger partial charge in [0.05, 0.1) is 0 Å². The predicted molar refractivity (Wildman–Crippen MR) is 211 cm³/mol. The number of esters is 1. The minimum absolute atomic E-state index is 0.0950. The minimum atomic E-state index is -1.01. The van der Waals surface area contributed by atoms with Gasteiger partial charge in [0, 0.05) is 12.8 Å². The van der Waals surface area contributed by atoms with Crippen molar-refractivity contribution >= 4 is 17.8 Å². The highest BCUT2D eigenvalue weighted by Crippen LogP contribution is 2.15. The van der Waals surface area contributed by atoms with Crippen molar-refractivity contribution in [2.45, 2.75) is 187 Å². The predicted octanol–water partition coefficient (Wildman–Crippen LogP) is 11.0. The van der Waals surface area contributed by atoms with E-state index in [1.807, 2.05) is 0 Å². The molecule has 2 unspecified atom stereocenters. The summed E-state index contributed by atoms with van der Waals surface area (Å²) in [5, 5.41) is 11.9. The number of hydrogen-bond donors (Lipinski definition) is 3. The van der Waals surface area contributed by atoms with E-state index in [-0.39, 0.29) is 18.0 Å². The molecule has 0 saturated carbocycles. The molecule has 0 aliphatic rings. The zero-order valence-electron chi connectivity index (χ0n) is 32.0. The molecule has 0 aliphatic heterocycles. The van der Waals surface area contributed by atoms with E-state index >= 15 is 0 Å². The van der Waals surface area contributed by atoms with Crippen molar-refractivity contribution in [2.75, 3.05) is 6.54 Å². The second-order valence-corrected chi connectivity index (χ2v) is 13.3. The molecule has 2 atom stereocenters.